The summed E-state index contributed by atoms with van der Waals surface area (Å²) >= 11 is 0. The number of carbonyl (C=O) groups excluding carboxylic acids is 6. The Morgan fingerprint density at radius 3 is 1.77 bits per heavy atom. The van der Waals surface area contributed by atoms with Crippen LogP contribution in [0.25, 0.3) is 0 Å². The second-order valence-electron chi connectivity index (χ2n) is 10.5. The van der Waals surface area contributed by atoms with Gasteiger partial charge in [-0.3, -0.25) is 28.8 Å². The number of aliphatic hydroxyl groups excluding tert-OH is 1. The molecule has 0 unspecified atom stereocenters. The van der Waals surface area contributed by atoms with Crippen LogP contribution in [-0.2, 0) is 46.4 Å². The number of phenols is 1. The number of nitrogens with zero attached hydrogens (tertiary/aromatic N) is 1. The van der Waals surface area contributed by atoms with Crippen LogP contribution >= 0.6 is 0 Å². The van der Waals surface area contributed by atoms with Gasteiger partial charge in [0.1, 0.15) is 29.9 Å². The smallest absolute Gasteiger partial charge is 0.328 e. The molecular weight excluding hydrogens is 622 g/mol. The summed E-state index contributed by atoms with van der Waals surface area (Å²) in [6.45, 7) is -0.940. The first-order valence-electron chi connectivity index (χ1n) is 14.3. The van der Waals surface area contributed by atoms with E-state index in [-0.39, 0.29) is 44.3 Å². The highest BCUT2D eigenvalue weighted by Gasteiger charge is 2.32. The average Bonchev–Trinajstić information content (AvgIpc) is 3.53. The van der Waals surface area contributed by atoms with E-state index in [2.05, 4.69) is 31.2 Å². The molecule has 256 valence electrons. The Labute approximate surface area is 268 Å². The summed E-state index contributed by atoms with van der Waals surface area (Å²) < 4.78 is 0. The maximum absolute atomic E-state index is 13.7. The lowest BCUT2D eigenvalue weighted by atomic mass is 10.0. The zero-order valence-corrected chi connectivity index (χ0v) is 25.2. The zero-order valence-electron chi connectivity index (χ0n) is 25.2. The van der Waals surface area contributed by atoms with Gasteiger partial charge in [-0.05, 0) is 30.5 Å². The van der Waals surface area contributed by atoms with Crippen molar-refractivity contribution in [1.82, 2.24) is 31.2 Å². The molecule has 0 bridgehead atoms. The van der Waals surface area contributed by atoms with Crippen LogP contribution in [0.1, 0.15) is 36.9 Å². The number of primary amides is 2. The molecule has 0 radical (unpaired) electrons. The van der Waals surface area contributed by atoms with Crippen LogP contribution in [-0.4, -0.2) is 104 Å². The number of hydrogen-bond donors (Lipinski definition) is 11. The highest BCUT2D eigenvalue weighted by atomic mass is 16.4. The van der Waals surface area contributed by atoms with E-state index in [1.807, 2.05) is 0 Å². The normalized spacial score (nSPS) is 14.0. The number of hydrogen-bond acceptors (Lipinski definition) is 11. The van der Waals surface area contributed by atoms with Gasteiger partial charge in [-0.15, -0.1) is 0 Å². The first kappa shape index (κ1) is 37.6. The van der Waals surface area contributed by atoms with Crippen molar-refractivity contribution in [3.05, 3.63) is 48.0 Å². The number of imidazole rings is 1. The Hall–Kier alpha value is -5.56. The molecule has 5 atom stereocenters. The lowest BCUT2D eigenvalue weighted by Crippen LogP contribution is -2.59. The van der Waals surface area contributed by atoms with Gasteiger partial charge in [-0.25, -0.2) is 9.78 Å². The van der Waals surface area contributed by atoms with Gasteiger partial charge in [0.15, 0.2) is 0 Å². The van der Waals surface area contributed by atoms with Gasteiger partial charge in [-0.2, -0.15) is 0 Å². The molecule has 1 aromatic heterocycles. The minimum absolute atomic E-state index is 0.0702. The molecule has 6 amide bonds. The van der Waals surface area contributed by atoms with Crippen molar-refractivity contribution in [3.8, 4) is 5.75 Å². The molecule has 0 saturated heterocycles. The quantitative estimate of drug-likeness (QED) is 0.0643. The van der Waals surface area contributed by atoms with E-state index in [9.17, 15) is 48.9 Å². The van der Waals surface area contributed by atoms with Crippen molar-refractivity contribution in [2.24, 2.45) is 17.2 Å². The van der Waals surface area contributed by atoms with Crippen molar-refractivity contribution in [1.29, 1.82) is 0 Å². The number of benzene rings is 1. The molecule has 2 rings (SSSR count). The van der Waals surface area contributed by atoms with Crippen molar-refractivity contribution in [2.75, 3.05) is 6.61 Å². The van der Waals surface area contributed by atoms with Gasteiger partial charge in [0, 0.05) is 37.6 Å². The fourth-order valence-electron chi connectivity index (χ4n) is 4.17. The Bertz CT molecular complexity index is 1400. The molecule has 0 aliphatic carbocycles. The van der Waals surface area contributed by atoms with Crippen LogP contribution in [0.4, 0.5) is 0 Å². The first-order valence-corrected chi connectivity index (χ1v) is 14.3. The van der Waals surface area contributed by atoms with E-state index in [4.69, 9.17) is 17.2 Å². The van der Waals surface area contributed by atoms with Gasteiger partial charge in [0.2, 0.25) is 35.4 Å². The Balaban J connectivity index is 2.34. The lowest BCUT2D eigenvalue weighted by Gasteiger charge is -2.26. The van der Waals surface area contributed by atoms with Crippen LogP contribution in [0.5, 0.6) is 5.75 Å². The number of aromatic amines is 1. The van der Waals surface area contributed by atoms with E-state index >= 15 is 0 Å². The molecule has 0 spiro atoms. The summed E-state index contributed by atoms with van der Waals surface area (Å²) in [6.07, 6.45) is 1.35. The lowest BCUT2D eigenvalue weighted by molar-refractivity contribution is -0.143. The predicted molar refractivity (Wildman–Crippen MR) is 161 cm³/mol. The van der Waals surface area contributed by atoms with Gasteiger partial charge in [0.05, 0.1) is 19.0 Å². The van der Waals surface area contributed by atoms with Gasteiger partial charge in [-0.1, -0.05) is 12.1 Å². The number of aromatic nitrogens is 2. The highest BCUT2D eigenvalue weighted by Crippen LogP contribution is 2.12. The maximum atomic E-state index is 13.7. The summed E-state index contributed by atoms with van der Waals surface area (Å²) in [5.74, 6) is -6.74. The maximum Gasteiger partial charge on any atom is 0.328 e. The molecule has 1 aromatic carbocycles. The summed E-state index contributed by atoms with van der Waals surface area (Å²) in [4.78, 5) is 93.5. The Morgan fingerprint density at radius 2 is 1.26 bits per heavy atom. The molecule has 2 aromatic rings. The zero-order chi connectivity index (χ0) is 35.1. The van der Waals surface area contributed by atoms with Gasteiger partial charge < -0.3 is 58.8 Å². The number of carbonyl (C=O) groups is 7. The third-order valence-corrected chi connectivity index (χ3v) is 6.77. The van der Waals surface area contributed by atoms with Gasteiger partial charge in [0.25, 0.3) is 0 Å². The van der Waals surface area contributed by atoms with Crippen molar-refractivity contribution < 1.29 is 48.9 Å². The number of nitrogens with one attached hydrogen (secondary N) is 5. The molecule has 19 heteroatoms. The number of aliphatic carboxylic acids is 1. The fraction of sp³-hybridized carbons (Fsp3) is 0.429. The molecule has 0 fully saturated rings. The summed E-state index contributed by atoms with van der Waals surface area (Å²) in [7, 11) is 0. The predicted octanol–water partition coefficient (Wildman–Crippen LogP) is -4.23. The topological polar surface area (TPSA) is 335 Å². The monoisotopic (exact) mass is 661 g/mol. The molecule has 0 aliphatic rings. The number of rotatable bonds is 20. The number of amides is 6. The van der Waals surface area contributed by atoms with E-state index in [0.717, 1.165) is 0 Å². The van der Waals surface area contributed by atoms with Gasteiger partial charge >= 0.3 is 5.97 Å². The second kappa shape index (κ2) is 18.4. The minimum Gasteiger partial charge on any atom is -0.508 e. The average molecular weight is 662 g/mol. The minimum atomic E-state index is -1.69. The number of carboxylic acid groups (broad SMARTS) is 1. The van der Waals surface area contributed by atoms with Crippen LogP contribution < -0.4 is 38.5 Å². The SMILES string of the molecule is NC(=O)CC[C@H](NC(=O)[C@@H](N)CCC(N)=O)C(=O)N[C@@H](Cc1cnc[nH]1)C(=O)N[C@@H](Cc1ccc(O)cc1)C(=O)N[C@@H](CO)C(=O)O. The standard InChI is InChI=1S/C28H39N9O10/c29-17(5-7-22(30)40)24(42)34-18(6-8-23(31)41)25(43)36-20(10-15-11-32-13-33-15)27(45)35-19(9-14-1-3-16(39)4-2-14)26(44)37-21(12-38)28(46)47/h1-4,11,13,17-21,38-39H,5-10,12,29H2,(H2,30,40)(H2,31,41)(H,32,33)(H,34,42)(H,35,45)(H,36,43)(H,37,44)(H,46,47)/t17-,18-,19-,20-,21-/m0/s1. The molecular formula is C28H39N9O10. The third kappa shape index (κ3) is 13.1. The van der Waals surface area contributed by atoms with E-state index in [1.165, 1.54) is 36.8 Å². The fourth-order valence-corrected chi connectivity index (χ4v) is 4.17. The summed E-state index contributed by atoms with van der Waals surface area (Å²) in [5.41, 5.74) is 17.0. The third-order valence-electron chi connectivity index (χ3n) is 6.77. The molecule has 14 N–H and O–H groups in total. The van der Waals surface area contributed by atoms with Crippen LogP contribution in [0.15, 0.2) is 36.8 Å². The van der Waals surface area contributed by atoms with E-state index in [1.54, 1.807) is 0 Å². The molecule has 0 saturated carbocycles. The second-order valence-corrected chi connectivity index (χ2v) is 10.5. The molecule has 19 nitrogen and oxygen atoms in total. The number of aromatic hydroxyl groups is 1. The van der Waals surface area contributed by atoms with Crippen molar-refractivity contribution >= 4 is 41.4 Å². The molecule has 47 heavy (non-hydrogen) atoms. The Kier molecular flexibility index (Phi) is 14.7. The largest absolute Gasteiger partial charge is 0.508 e. The first-order chi connectivity index (χ1) is 22.2. The van der Waals surface area contributed by atoms with Crippen LogP contribution in [0.3, 0.4) is 0 Å². The number of aliphatic hydroxyl groups is 1. The number of carboxylic acids is 1. The summed E-state index contributed by atoms with van der Waals surface area (Å²) in [6, 6.07) is -1.60. The van der Waals surface area contributed by atoms with Crippen molar-refractivity contribution in [2.45, 2.75) is 68.7 Å². The number of phenolic OH excluding ortho intramolecular Hbond substituents is 1. The molecule has 0 aliphatic heterocycles. The number of nitrogens with two attached hydrogens (primary N) is 3. The van der Waals surface area contributed by atoms with E-state index in [0.29, 0.717) is 11.3 Å². The van der Waals surface area contributed by atoms with Crippen LogP contribution in [0, 0.1) is 0 Å². The molecule has 1 heterocycles. The van der Waals surface area contributed by atoms with Crippen LogP contribution in [0.2, 0.25) is 0 Å². The number of H-pyrrole nitrogens is 1. The summed E-state index contributed by atoms with van der Waals surface area (Å²) in [5, 5.41) is 37.8. The van der Waals surface area contributed by atoms with Crippen molar-refractivity contribution in [3.63, 3.8) is 0 Å². The Morgan fingerprint density at radius 1 is 0.745 bits per heavy atom. The van der Waals surface area contributed by atoms with E-state index < -0.39 is 78.2 Å². The highest BCUT2D eigenvalue weighted by molar-refractivity contribution is 5.96.